The first-order chi connectivity index (χ1) is 34.7. The van der Waals surface area contributed by atoms with Crippen LogP contribution in [0.3, 0.4) is 0 Å². The Morgan fingerprint density at radius 2 is 0.600 bits per heavy atom. The van der Waals surface area contributed by atoms with Gasteiger partial charge in [-0.2, -0.15) is 0 Å². The summed E-state index contributed by atoms with van der Waals surface area (Å²) >= 11 is 0. The maximum Gasteiger partial charge on any atom is 0.132 e. The summed E-state index contributed by atoms with van der Waals surface area (Å²) < 4.78 is 6.68. The van der Waals surface area contributed by atoms with Crippen LogP contribution in [0.1, 0.15) is 44.5 Å². The maximum atomic E-state index is 6.68. The highest BCUT2D eigenvalue weighted by Crippen LogP contribution is 2.65. The van der Waals surface area contributed by atoms with Crippen LogP contribution in [-0.4, -0.2) is 0 Å². The molecule has 15 rings (SSSR count). The quantitative estimate of drug-likeness (QED) is 0.171. The van der Waals surface area contributed by atoms with Crippen molar-refractivity contribution < 1.29 is 4.74 Å². The van der Waals surface area contributed by atoms with Crippen LogP contribution in [0.15, 0.2) is 261 Å². The summed E-state index contributed by atoms with van der Waals surface area (Å²) in [5, 5.41) is 0. The number of anilines is 3. The molecular formula is C68H43NO. The second-order valence-corrected chi connectivity index (χ2v) is 19.1. The van der Waals surface area contributed by atoms with Crippen molar-refractivity contribution in [2.24, 2.45) is 0 Å². The summed E-state index contributed by atoms with van der Waals surface area (Å²) in [5.41, 5.74) is 24.8. The lowest BCUT2D eigenvalue weighted by Crippen LogP contribution is -2.32. The van der Waals surface area contributed by atoms with Crippen molar-refractivity contribution in [3.05, 3.63) is 305 Å². The van der Waals surface area contributed by atoms with Gasteiger partial charge in [-0.1, -0.05) is 206 Å². The fraction of sp³-hybridized carbons (Fsp3) is 0.0294. The van der Waals surface area contributed by atoms with Crippen molar-refractivity contribution in [3.63, 3.8) is 0 Å². The SMILES string of the molecule is c1ccc(-c2ccc(N(c3ccc4c(c3)-c3ccccc3C43c4ccccc4Oc4ccccc43)c3ccc4c(c3)C3(c5ccccc5-c5ccccc53)c3cc(-c5ccccc5)ccc3-4)cc2)cc1. The summed E-state index contributed by atoms with van der Waals surface area (Å²) in [5.74, 6) is 1.79. The van der Waals surface area contributed by atoms with Gasteiger partial charge in [-0.15, -0.1) is 0 Å². The first-order valence-electron chi connectivity index (χ1n) is 24.3. The third-order valence-electron chi connectivity index (χ3n) is 15.8. The Morgan fingerprint density at radius 1 is 0.229 bits per heavy atom. The topological polar surface area (TPSA) is 12.5 Å². The predicted molar refractivity (Wildman–Crippen MR) is 286 cm³/mol. The molecule has 1 heterocycles. The van der Waals surface area contributed by atoms with Crippen molar-refractivity contribution >= 4 is 17.1 Å². The Balaban J connectivity index is 0.978. The van der Waals surface area contributed by atoms with E-state index in [1.165, 1.54) is 89.0 Å². The third-order valence-corrected chi connectivity index (χ3v) is 15.8. The van der Waals surface area contributed by atoms with Crippen molar-refractivity contribution in [2.45, 2.75) is 10.8 Å². The predicted octanol–water partition coefficient (Wildman–Crippen LogP) is 17.3. The van der Waals surface area contributed by atoms with Gasteiger partial charge in [0.25, 0.3) is 0 Å². The molecule has 0 unspecified atom stereocenters. The number of nitrogens with zero attached hydrogens (tertiary/aromatic N) is 1. The van der Waals surface area contributed by atoms with E-state index in [-0.39, 0.29) is 0 Å². The van der Waals surface area contributed by atoms with Gasteiger partial charge in [0.2, 0.25) is 0 Å². The Bertz CT molecular complexity index is 3830. The Kier molecular flexibility index (Phi) is 8.24. The molecule has 11 aromatic rings. The van der Waals surface area contributed by atoms with E-state index in [1.54, 1.807) is 0 Å². The second kappa shape index (κ2) is 14.8. The summed E-state index contributed by atoms with van der Waals surface area (Å²) in [7, 11) is 0. The van der Waals surface area contributed by atoms with Crippen molar-refractivity contribution in [2.75, 3.05) is 4.90 Å². The molecule has 0 amide bonds. The average molecular weight is 890 g/mol. The van der Waals surface area contributed by atoms with E-state index in [0.717, 1.165) is 39.7 Å². The van der Waals surface area contributed by atoms with Crippen LogP contribution in [-0.2, 0) is 10.8 Å². The van der Waals surface area contributed by atoms with E-state index < -0.39 is 10.8 Å². The van der Waals surface area contributed by atoms with Crippen LogP contribution < -0.4 is 9.64 Å². The lowest BCUT2D eigenvalue weighted by Gasteiger charge is -2.39. The Hall–Kier alpha value is -8.98. The molecule has 4 aliphatic rings. The Labute approximate surface area is 408 Å². The van der Waals surface area contributed by atoms with E-state index in [1.807, 2.05) is 0 Å². The molecule has 2 heteroatoms. The number of para-hydroxylation sites is 2. The molecule has 0 N–H and O–H groups in total. The molecule has 3 aliphatic carbocycles. The minimum Gasteiger partial charge on any atom is -0.457 e. The van der Waals surface area contributed by atoms with E-state index in [0.29, 0.717) is 0 Å². The zero-order valence-electron chi connectivity index (χ0n) is 38.2. The van der Waals surface area contributed by atoms with Gasteiger partial charge in [0.15, 0.2) is 0 Å². The summed E-state index contributed by atoms with van der Waals surface area (Å²) in [6.07, 6.45) is 0. The van der Waals surface area contributed by atoms with E-state index >= 15 is 0 Å². The Morgan fingerprint density at radius 3 is 1.20 bits per heavy atom. The number of benzene rings is 11. The molecule has 0 radical (unpaired) electrons. The first-order valence-corrected chi connectivity index (χ1v) is 24.3. The molecule has 11 aromatic carbocycles. The number of hydrogen-bond acceptors (Lipinski definition) is 2. The van der Waals surface area contributed by atoms with Gasteiger partial charge in [-0.05, 0) is 144 Å². The average Bonchev–Trinajstić information content (AvgIpc) is 4.01. The minimum atomic E-state index is -0.550. The molecule has 0 saturated heterocycles. The lowest BCUT2D eigenvalue weighted by molar-refractivity contribution is 0.436. The van der Waals surface area contributed by atoms with Gasteiger partial charge in [0.05, 0.1) is 10.8 Å². The third kappa shape index (κ3) is 5.22. The molecule has 326 valence electrons. The van der Waals surface area contributed by atoms with Gasteiger partial charge in [0.1, 0.15) is 11.5 Å². The highest BCUT2D eigenvalue weighted by atomic mass is 16.5. The van der Waals surface area contributed by atoms with Crippen LogP contribution in [0.2, 0.25) is 0 Å². The van der Waals surface area contributed by atoms with Crippen LogP contribution in [0.5, 0.6) is 11.5 Å². The summed E-state index contributed by atoms with van der Waals surface area (Å²) in [6.45, 7) is 0. The molecule has 1 aliphatic heterocycles. The molecule has 0 fully saturated rings. The zero-order valence-corrected chi connectivity index (χ0v) is 38.2. The summed E-state index contributed by atoms with van der Waals surface area (Å²) in [4.78, 5) is 2.48. The zero-order chi connectivity index (χ0) is 46.0. The van der Waals surface area contributed by atoms with Crippen LogP contribution in [0.25, 0.3) is 55.6 Å². The largest absolute Gasteiger partial charge is 0.457 e. The monoisotopic (exact) mass is 889 g/mol. The van der Waals surface area contributed by atoms with Gasteiger partial charge >= 0.3 is 0 Å². The summed E-state index contributed by atoms with van der Waals surface area (Å²) in [6, 6.07) is 96.6. The van der Waals surface area contributed by atoms with Gasteiger partial charge < -0.3 is 9.64 Å². The van der Waals surface area contributed by atoms with E-state index in [9.17, 15) is 0 Å². The number of rotatable bonds is 5. The molecule has 2 spiro atoms. The highest BCUT2D eigenvalue weighted by molar-refractivity contribution is 5.98. The molecule has 70 heavy (non-hydrogen) atoms. The number of hydrogen-bond donors (Lipinski definition) is 0. The van der Waals surface area contributed by atoms with E-state index in [2.05, 4.69) is 266 Å². The minimum absolute atomic E-state index is 0.533. The molecule has 0 atom stereocenters. The molecule has 0 aromatic heterocycles. The number of ether oxygens (including phenoxy) is 1. The fourth-order valence-corrected chi connectivity index (χ4v) is 12.9. The molecule has 2 nitrogen and oxygen atoms in total. The van der Waals surface area contributed by atoms with Crippen molar-refractivity contribution in [1.29, 1.82) is 0 Å². The second-order valence-electron chi connectivity index (χ2n) is 19.1. The molecule has 0 bridgehead atoms. The van der Waals surface area contributed by atoms with E-state index in [4.69, 9.17) is 4.74 Å². The highest BCUT2D eigenvalue weighted by Gasteiger charge is 2.53. The fourth-order valence-electron chi connectivity index (χ4n) is 12.9. The molecular weight excluding hydrogens is 847 g/mol. The smallest absolute Gasteiger partial charge is 0.132 e. The van der Waals surface area contributed by atoms with Crippen LogP contribution >= 0.6 is 0 Å². The standard InChI is InChI=1S/C68H43NO/c1-3-17-44(18-4-1)46-31-34-48(35-32-46)69(49-37-40-60-56(42-49)53-23-9-12-26-59(53)67(60)61-27-13-15-29-65(61)70-66-30-16-14-28-62(66)67)50-36-39-55-54-38-33-47(45-19-5-2-6-20-45)41-63(54)68(64(55)43-50)57-24-10-7-21-51(57)52-22-8-11-25-58(52)68/h1-43H. The van der Waals surface area contributed by atoms with Gasteiger partial charge in [-0.3, -0.25) is 0 Å². The van der Waals surface area contributed by atoms with Crippen molar-refractivity contribution in [1.82, 2.24) is 0 Å². The normalized spacial score (nSPS) is 14.1. The van der Waals surface area contributed by atoms with Crippen molar-refractivity contribution in [3.8, 4) is 67.1 Å². The molecule has 0 saturated carbocycles. The van der Waals surface area contributed by atoms with Crippen LogP contribution in [0, 0.1) is 0 Å². The lowest BCUT2D eigenvalue weighted by atomic mass is 9.66. The van der Waals surface area contributed by atoms with Gasteiger partial charge in [-0.25, -0.2) is 0 Å². The maximum absolute atomic E-state index is 6.68. The van der Waals surface area contributed by atoms with Gasteiger partial charge in [0, 0.05) is 28.2 Å². The van der Waals surface area contributed by atoms with Crippen LogP contribution in [0.4, 0.5) is 17.1 Å². The first kappa shape index (κ1) is 39.1. The number of fused-ring (bicyclic) bond motifs is 19.